The van der Waals surface area contributed by atoms with Crippen molar-refractivity contribution in [3.8, 4) is 11.5 Å². The van der Waals surface area contributed by atoms with E-state index in [1.807, 2.05) is 83.8 Å². The largest absolute Gasteiger partial charge is 0.411 e. The summed E-state index contributed by atoms with van der Waals surface area (Å²) >= 11 is 1.27. The normalized spacial score (nSPS) is 10.7. The van der Waals surface area contributed by atoms with E-state index in [0.717, 1.165) is 17.5 Å². The Kier molecular flexibility index (Phi) is 7.13. The summed E-state index contributed by atoms with van der Waals surface area (Å²) < 4.78 is 5.72. The number of carbonyl (C=O) groups excluding carboxylic acids is 1. The monoisotopic (exact) mass is 429 g/mol. The highest BCUT2D eigenvalue weighted by atomic mass is 32.2. The van der Waals surface area contributed by atoms with Gasteiger partial charge in [0.05, 0.1) is 5.75 Å². The maximum absolute atomic E-state index is 13.0. The van der Waals surface area contributed by atoms with E-state index in [4.69, 9.17) is 4.42 Å². The number of nitrogens with zero attached hydrogens (tertiary/aromatic N) is 3. The lowest BCUT2D eigenvalue weighted by atomic mass is 10.1. The minimum atomic E-state index is 0.0456. The molecule has 0 radical (unpaired) electrons. The number of aromatic nitrogens is 2. The lowest BCUT2D eigenvalue weighted by Gasteiger charge is -2.22. The third-order valence-corrected chi connectivity index (χ3v) is 5.63. The van der Waals surface area contributed by atoms with Crippen LogP contribution in [-0.4, -0.2) is 33.3 Å². The van der Waals surface area contributed by atoms with Crippen molar-refractivity contribution < 1.29 is 9.21 Å². The van der Waals surface area contributed by atoms with Gasteiger partial charge in [0.15, 0.2) is 0 Å². The van der Waals surface area contributed by atoms with Crippen molar-refractivity contribution in [2.75, 3.05) is 12.3 Å². The molecule has 0 aliphatic rings. The summed E-state index contributed by atoms with van der Waals surface area (Å²) in [6.45, 7) is 1.23. The standard InChI is InChI=1S/C25H23N3O2S/c29-23(19-31-25-27-26-24(30-25)22-14-8-3-9-15-22)28(18-21-12-6-2-7-13-21)17-16-20-10-4-1-5-11-20/h1-15H,16-19H2. The predicted molar refractivity (Wildman–Crippen MR) is 122 cm³/mol. The van der Waals surface area contributed by atoms with Gasteiger partial charge in [0.2, 0.25) is 11.8 Å². The van der Waals surface area contributed by atoms with Gasteiger partial charge in [0, 0.05) is 18.7 Å². The molecule has 31 heavy (non-hydrogen) atoms. The Morgan fingerprint density at radius 2 is 1.42 bits per heavy atom. The van der Waals surface area contributed by atoms with Gasteiger partial charge in [-0.05, 0) is 29.7 Å². The Morgan fingerprint density at radius 3 is 2.10 bits per heavy atom. The van der Waals surface area contributed by atoms with Crippen molar-refractivity contribution in [2.24, 2.45) is 0 Å². The van der Waals surface area contributed by atoms with Crippen molar-refractivity contribution >= 4 is 17.7 Å². The molecule has 0 aliphatic heterocycles. The van der Waals surface area contributed by atoms with E-state index >= 15 is 0 Å². The molecule has 6 heteroatoms. The van der Waals surface area contributed by atoms with Gasteiger partial charge in [0.1, 0.15) is 0 Å². The van der Waals surface area contributed by atoms with Crippen LogP contribution in [-0.2, 0) is 17.8 Å². The third-order valence-electron chi connectivity index (χ3n) is 4.83. The SMILES string of the molecule is O=C(CSc1nnc(-c2ccccc2)o1)N(CCc1ccccc1)Cc1ccccc1. The van der Waals surface area contributed by atoms with Crippen LogP contribution in [0.1, 0.15) is 11.1 Å². The first-order valence-electron chi connectivity index (χ1n) is 10.2. The summed E-state index contributed by atoms with van der Waals surface area (Å²) in [5.41, 5.74) is 3.19. The van der Waals surface area contributed by atoms with E-state index in [1.165, 1.54) is 17.3 Å². The number of hydrogen-bond donors (Lipinski definition) is 0. The zero-order valence-electron chi connectivity index (χ0n) is 17.1. The summed E-state index contributed by atoms with van der Waals surface area (Å²) in [5, 5.41) is 8.57. The van der Waals surface area contributed by atoms with E-state index in [-0.39, 0.29) is 11.7 Å². The first-order valence-corrected chi connectivity index (χ1v) is 11.1. The van der Waals surface area contributed by atoms with Crippen LogP contribution in [0.2, 0.25) is 0 Å². The van der Waals surface area contributed by atoms with Gasteiger partial charge in [-0.15, -0.1) is 10.2 Å². The lowest BCUT2D eigenvalue weighted by Crippen LogP contribution is -2.33. The zero-order valence-corrected chi connectivity index (χ0v) is 17.9. The minimum absolute atomic E-state index is 0.0456. The van der Waals surface area contributed by atoms with Crippen LogP contribution in [0, 0.1) is 0 Å². The molecule has 0 fully saturated rings. The van der Waals surface area contributed by atoms with Crippen LogP contribution in [0.4, 0.5) is 0 Å². The lowest BCUT2D eigenvalue weighted by molar-refractivity contribution is -0.128. The third kappa shape index (κ3) is 6.06. The van der Waals surface area contributed by atoms with Gasteiger partial charge in [-0.3, -0.25) is 4.79 Å². The molecule has 0 saturated heterocycles. The molecule has 4 rings (SSSR count). The molecule has 0 atom stereocenters. The molecular formula is C25H23N3O2S. The zero-order chi connectivity index (χ0) is 21.3. The maximum atomic E-state index is 13.0. The number of benzene rings is 3. The average Bonchev–Trinajstić information content (AvgIpc) is 3.31. The fraction of sp³-hybridized carbons (Fsp3) is 0.160. The summed E-state index contributed by atoms with van der Waals surface area (Å²) in [4.78, 5) is 14.9. The van der Waals surface area contributed by atoms with E-state index < -0.39 is 0 Å². The van der Waals surface area contributed by atoms with E-state index in [9.17, 15) is 4.79 Å². The molecule has 0 N–H and O–H groups in total. The molecule has 0 unspecified atom stereocenters. The number of thioether (sulfide) groups is 1. The highest BCUT2D eigenvalue weighted by Crippen LogP contribution is 2.23. The predicted octanol–water partition coefficient (Wildman–Crippen LogP) is 5.10. The molecular weight excluding hydrogens is 406 g/mol. The Morgan fingerprint density at radius 1 is 0.806 bits per heavy atom. The molecule has 1 heterocycles. The second-order valence-electron chi connectivity index (χ2n) is 7.06. The molecule has 0 aliphatic carbocycles. The van der Waals surface area contributed by atoms with Crippen LogP contribution in [0.25, 0.3) is 11.5 Å². The number of amides is 1. The van der Waals surface area contributed by atoms with Crippen molar-refractivity contribution in [1.82, 2.24) is 15.1 Å². The first-order chi connectivity index (χ1) is 15.3. The van der Waals surface area contributed by atoms with Gasteiger partial charge in [-0.1, -0.05) is 90.6 Å². The molecule has 5 nitrogen and oxygen atoms in total. The fourth-order valence-corrected chi connectivity index (χ4v) is 3.85. The van der Waals surface area contributed by atoms with Crippen LogP contribution in [0.15, 0.2) is 101 Å². The second kappa shape index (κ2) is 10.6. The van der Waals surface area contributed by atoms with Crippen LogP contribution in [0.3, 0.4) is 0 Å². The molecule has 1 amide bonds. The van der Waals surface area contributed by atoms with Gasteiger partial charge in [-0.2, -0.15) is 0 Å². The summed E-state index contributed by atoms with van der Waals surface area (Å²) in [6, 6.07) is 29.9. The van der Waals surface area contributed by atoms with Crippen molar-refractivity contribution in [3.63, 3.8) is 0 Å². The van der Waals surface area contributed by atoms with Crippen molar-refractivity contribution in [3.05, 3.63) is 102 Å². The highest BCUT2D eigenvalue weighted by Gasteiger charge is 2.17. The quantitative estimate of drug-likeness (QED) is 0.347. The first kappa shape index (κ1) is 20.9. The van der Waals surface area contributed by atoms with Gasteiger partial charge < -0.3 is 9.32 Å². The van der Waals surface area contributed by atoms with Gasteiger partial charge >= 0.3 is 0 Å². The van der Waals surface area contributed by atoms with Crippen molar-refractivity contribution in [2.45, 2.75) is 18.2 Å². The minimum Gasteiger partial charge on any atom is -0.411 e. The van der Waals surface area contributed by atoms with E-state index in [2.05, 4.69) is 22.3 Å². The number of rotatable bonds is 9. The van der Waals surface area contributed by atoms with Gasteiger partial charge in [-0.25, -0.2) is 0 Å². The Bertz CT molecular complexity index is 1090. The number of carbonyl (C=O) groups is 1. The number of hydrogen-bond acceptors (Lipinski definition) is 5. The Hall–Kier alpha value is -3.38. The molecule has 0 saturated carbocycles. The molecule has 3 aromatic carbocycles. The van der Waals surface area contributed by atoms with Crippen LogP contribution < -0.4 is 0 Å². The second-order valence-corrected chi connectivity index (χ2v) is 7.99. The average molecular weight is 430 g/mol. The summed E-state index contributed by atoms with van der Waals surface area (Å²) in [6.07, 6.45) is 0.808. The highest BCUT2D eigenvalue weighted by molar-refractivity contribution is 7.99. The van der Waals surface area contributed by atoms with E-state index in [0.29, 0.717) is 24.2 Å². The van der Waals surface area contributed by atoms with Crippen LogP contribution in [0.5, 0.6) is 0 Å². The Labute approximate surface area is 186 Å². The van der Waals surface area contributed by atoms with Crippen LogP contribution >= 0.6 is 11.8 Å². The Balaban J connectivity index is 1.39. The molecule has 156 valence electrons. The maximum Gasteiger partial charge on any atom is 0.277 e. The molecule has 4 aromatic rings. The van der Waals surface area contributed by atoms with Gasteiger partial charge in [0.25, 0.3) is 5.22 Å². The van der Waals surface area contributed by atoms with E-state index in [1.54, 1.807) is 0 Å². The molecule has 0 spiro atoms. The van der Waals surface area contributed by atoms with Crippen molar-refractivity contribution in [1.29, 1.82) is 0 Å². The fourth-order valence-electron chi connectivity index (χ4n) is 3.18. The summed E-state index contributed by atoms with van der Waals surface area (Å²) in [7, 11) is 0. The molecule has 0 bridgehead atoms. The topological polar surface area (TPSA) is 59.2 Å². The smallest absolute Gasteiger partial charge is 0.277 e. The summed E-state index contributed by atoms with van der Waals surface area (Å²) in [5.74, 6) is 0.753. The molecule has 1 aromatic heterocycles.